The highest BCUT2D eigenvalue weighted by atomic mass is 32.2. The quantitative estimate of drug-likeness (QED) is 0.772. The number of nitriles is 1. The van der Waals surface area contributed by atoms with Crippen molar-refractivity contribution in [1.29, 1.82) is 5.26 Å². The van der Waals surface area contributed by atoms with E-state index in [4.69, 9.17) is 11.0 Å². The van der Waals surface area contributed by atoms with Crippen molar-refractivity contribution in [2.45, 2.75) is 12.5 Å². The van der Waals surface area contributed by atoms with Crippen LogP contribution in [-0.4, -0.2) is 20.7 Å². The maximum absolute atomic E-state index is 11.2. The van der Waals surface area contributed by atoms with E-state index in [2.05, 4.69) is 4.72 Å². The molecule has 3 N–H and O–H groups in total. The monoisotopic (exact) mass is 253 g/mol. The highest BCUT2D eigenvalue weighted by Gasteiger charge is 2.10. The van der Waals surface area contributed by atoms with Gasteiger partial charge in [0.2, 0.25) is 10.0 Å². The smallest absolute Gasteiger partial charge is 0.225 e. The van der Waals surface area contributed by atoms with Gasteiger partial charge in [0.05, 0.1) is 6.07 Å². The van der Waals surface area contributed by atoms with E-state index in [-0.39, 0.29) is 12.6 Å². The molecule has 1 aromatic rings. The molecule has 0 aliphatic heterocycles. The molecule has 0 amide bonds. The minimum absolute atomic E-state index is 0.207. The van der Waals surface area contributed by atoms with Gasteiger partial charge in [-0.1, -0.05) is 30.3 Å². The van der Waals surface area contributed by atoms with E-state index in [0.717, 1.165) is 5.56 Å². The third-order valence-corrected chi connectivity index (χ3v) is 3.41. The highest BCUT2D eigenvalue weighted by Crippen LogP contribution is 2.12. The first-order valence-electron chi connectivity index (χ1n) is 5.20. The molecule has 5 nitrogen and oxygen atoms in total. The summed E-state index contributed by atoms with van der Waals surface area (Å²) in [7, 11) is -3.48. The van der Waals surface area contributed by atoms with Gasteiger partial charge in [-0.2, -0.15) is 5.26 Å². The maximum atomic E-state index is 11.2. The van der Waals surface area contributed by atoms with E-state index in [0.29, 0.717) is 6.42 Å². The highest BCUT2D eigenvalue weighted by molar-refractivity contribution is 7.89. The summed E-state index contributed by atoms with van der Waals surface area (Å²) < 4.78 is 24.7. The molecule has 6 heteroatoms. The van der Waals surface area contributed by atoms with Crippen molar-refractivity contribution >= 4 is 10.0 Å². The Hall–Kier alpha value is -1.42. The number of hydrogen-bond acceptors (Lipinski definition) is 4. The van der Waals surface area contributed by atoms with Crippen molar-refractivity contribution in [2.75, 3.05) is 12.3 Å². The summed E-state index contributed by atoms with van der Waals surface area (Å²) in [6, 6.07) is 10.8. The molecule has 0 radical (unpaired) electrons. The van der Waals surface area contributed by atoms with Crippen LogP contribution in [0.5, 0.6) is 0 Å². The van der Waals surface area contributed by atoms with Crippen molar-refractivity contribution in [3.63, 3.8) is 0 Å². The van der Waals surface area contributed by atoms with Crippen LogP contribution in [0.3, 0.4) is 0 Å². The lowest BCUT2D eigenvalue weighted by molar-refractivity contribution is 0.572. The third-order valence-electron chi connectivity index (χ3n) is 2.26. The van der Waals surface area contributed by atoms with Crippen molar-refractivity contribution < 1.29 is 8.42 Å². The average molecular weight is 253 g/mol. The molecule has 0 saturated heterocycles. The van der Waals surface area contributed by atoms with E-state index in [1.165, 1.54) is 0 Å². The second-order valence-electron chi connectivity index (χ2n) is 3.62. The van der Waals surface area contributed by atoms with Crippen LogP contribution in [0.2, 0.25) is 0 Å². The van der Waals surface area contributed by atoms with E-state index in [1.54, 1.807) is 6.07 Å². The molecule has 1 aromatic carbocycles. The first-order chi connectivity index (χ1) is 8.05. The number of hydrogen-bond donors (Lipinski definition) is 2. The van der Waals surface area contributed by atoms with Gasteiger partial charge in [0.25, 0.3) is 0 Å². The van der Waals surface area contributed by atoms with Crippen LogP contribution >= 0.6 is 0 Å². The first-order valence-corrected chi connectivity index (χ1v) is 6.85. The second kappa shape index (κ2) is 6.35. The average Bonchev–Trinajstić information content (AvgIpc) is 2.29. The Balaban J connectivity index is 2.40. The van der Waals surface area contributed by atoms with Crippen LogP contribution < -0.4 is 10.5 Å². The maximum Gasteiger partial charge on any atom is 0.225 e. The molecule has 1 atom stereocenters. The molecule has 1 unspecified atom stereocenters. The summed E-state index contributed by atoms with van der Waals surface area (Å²) in [6.45, 7) is 0.236. The van der Waals surface area contributed by atoms with Crippen molar-refractivity contribution in [3.05, 3.63) is 35.9 Å². The first kappa shape index (κ1) is 13.6. The molecule has 0 fully saturated rings. The van der Waals surface area contributed by atoms with E-state index < -0.39 is 15.8 Å². The number of rotatable bonds is 6. The van der Waals surface area contributed by atoms with Gasteiger partial charge in [0.1, 0.15) is 0 Å². The summed E-state index contributed by atoms with van der Waals surface area (Å²) in [6.07, 6.45) is 0.495. The Kier molecular flexibility index (Phi) is 5.10. The predicted molar refractivity (Wildman–Crippen MR) is 65.4 cm³/mol. The largest absolute Gasteiger partial charge is 0.324 e. The van der Waals surface area contributed by atoms with Gasteiger partial charge in [-0.25, -0.2) is 13.1 Å². The summed E-state index contributed by atoms with van der Waals surface area (Å²) in [5.74, 6) is -0.520. The summed E-state index contributed by atoms with van der Waals surface area (Å²) in [5.41, 5.74) is 6.86. The zero-order chi connectivity index (χ0) is 12.7. The molecule has 0 spiro atoms. The molecule has 17 heavy (non-hydrogen) atoms. The standard InChI is InChI=1S/C11H15N3O2S/c12-7-9-17(15,16)14-8-6-11(13)10-4-2-1-3-5-10/h1-5,11,14H,6,8-9,13H2. The van der Waals surface area contributed by atoms with Gasteiger partial charge in [0, 0.05) is 12.6 Å². The minimum Gasteiger partial charge on any atom is -0.324 e. The third kappa shape index (κ3) is 4.95. The molecule has 0 aliphatic rings. The number of nitrogens with one attached hydrogen (secondary N) is 1. The zero-order valence-electron chi connectivity index (χ0n) is 9.33. The molecule has 1 rings (SSSR count). The Morgan fingerprint density at radius 1 is 1.35 bits per heavy atom. The molecule has 0 heterocycles. The normalized spacial score (nSPS) is 12.9. The summed E-state index contributed by atoms with van der Waals surface area (Å²) >= 11 is 0. The number of benzene rings is 1. The van der Waals surface area contributed by atoms with E-state index in [1.807, 2.05) is 30.3 Å². The Morgan fingerprint density at radius 2 is 2.00 bits per heavy atom. The Morgan fingerprint density at radius 3 is 2.59 bits per heavy atom. The van der Waals surface area contributed by atoms with Gasteiger partial charge in [-0.15, -0.1) is 0 Å². The van der Waals surface area contributed by atoms with E-state index in [9.17, 15) is 8.42 Å². The molecule has 92 valence electrons. The zero-order valence-corrected chi connectivity index (χ0v) is 10.2. The molecular formula is C11H15N3O2S. The van der Waals surface area contributed by atoms with Crippen molar-refractivity contribution in [3.8, 4) is 6.07 Å². The molecule has 0 aliphatic carbocycles. The van der Waals surface area contributed by atoms with Crippen LogP contribution in [0.1, 0.15) is 18.0 Å². The fraction of sp³-hybridized carbons (Fsp3) is 0.364. The topological polar surface area (TPSA) is 96.0 Å². The molecule has 0 aromatic heterocycles. The van der Waals surface area contributed by atoms with Crippen LogP contribution in [-0.2, 0) is 10.0 Å². The van der Waals surface area contributed by atoms with Gasteiger partial charge < -0.3 is 5.73 Å². The van der Waals surface area contributed by atoms with E-state index >= 15 is 0 Å². The van der Waals surface area contributed by atoms with Crippen LogP contribution in [0.25, 0.3) is 0 Å². The summed E-state index contributed by atoms with van der Waals surface area (Å²) in [4.78, 5) is 0. The van der Waals surface area contributed by atoms with Gasteiger partial charge >= 0.3 is 0 Å². The second-order valence-corrected chi connectivity index (χ2v) is 5.42. The molecule has 0 saturated carbocycles. The van der Waals surface area contributed by atoms with Crippen molar-refractivity contribution in [2.24, 2.45) is 5.73 Å². The van der Waals surface area contributed by atoms with Crippen LogP contribution in [0.15, 0.2) is 30.3 Å². The van der Waals surface area contributed by atoms with Crippen LogP contribution in [0.4, 0.5) is 0 Å². The summed E-state index contributed by atoms with van der Waals surface area (Å²) in [5, 5.41) is 8.29. The number of nitrogens with zero attached hydrogens (tertiary/aromatic N) is 1. The van der Waals surface area contributed by atoms with Gasteiger partial charge in [0.15, 0.2) is 5.75 Å². The molecular weight excluding hydrogens is 238 g/mol. The fourth-order valence-corrected chi connectivity index (χ4v) is 2.07. The lowest BCUT2D eigenvalue weighted by Gasteiger charge is -2.11. The van der Waals surface area contributed by atoms with Gasteiger partial charge in [-0.3, -0.25) is 0 Å². The minimum atomic E-state index is -3.48. The molecule has 0 bridgehead atoms. The van der Waals surface area contributed by atoms with Crippen molar-refractivity contribution in [1.82, 2.24) is 4.72 Å². The number of sulfonamides is 1. The fourth-order valence-electron chi connectivity index (χ4n) is 1.37. The van der Waals surface area contributed by atoms with Crippen LogP contribution in [0, 0.1) is 11.3 Å². The van der Waals surface area contributed by atoms with Gasteiger partial charge in [-0.05, 0) is 12.0 Å². The Labute approximate surface area is 101 Å². The lowest BCUT2D eigenvalue weighted by atomic mass is 10.1. The number of nitrogens with two attached hydrogens (primary N) is 1. The Bertz CT molecular complexity index is 479. The lowest BCUT2D eigenvalue weighted by Crippen LogP contribution is -2.29. The predicted octanol–water partition coefficient (Wildman–Crippen LogP) is 0.519. The SMILES string of the molecule is N#CCS(=O)(=O)NCCC(N)c1ccccc1.